The summed E-state index contributed by atoms with van der Waals surface area (Å²) < 4.78 is 20.4. The van der Waals surface area contributed by atoms with E-state index in [9.17, 15) is 4.79 Å². The Balaban J connectivity index is 1.42. The Kier molecular flexibility index (Phi) is 6.04. The van der Waals surface area contributed by atoms with Crippen molar-refractivity contribution in [3.63, 3.8) is 0 Å². The van der Waals surface area contributed by atoms with E-state index in [0.717, 1.165) is 38.5 Å². The molecular weight excluding hydrogens is 430 g/mol. The number of ether oxygens (including phenoxy) is 2. The monoisotopic (exact) mass is 471 g/mol. The lowest BCUT2D eigenvalue weighted by Gasteiger charge is -2.47. The molecule has 0 aromatic heterocycles. The second-order valence-corrected chi connectivity index (χ2v) is 17.0. The molecular formula is C27H41NO4Si. The summed E-state index contributed by atoms with van der Waals surface area (Å²) >= 11 is 0. The average Bonchev–Trinajstić information content (AvgIpc) is 3.26. The summed E-state index contributed by atoms with van der Waals surface area (Å²) in [6, 6.07) is 10.4. The van der Waals surface area contributed by atoms with Crippen LogP contribution < -0.4 is 0 Å². The van der Waals surface area contributed by atoms with E-state index >= 15 is 0 Å². The summed E-state index contributed by atoms with van der Waals surface area (Å²) in [5.74, 6) is -0.232. The van der Waals surface area contributed by atoms with Gasteiger partial charge in [-0.15, -0.1) is 0 Å². The van der Waals surface area contributed by atoms with Gasteiger partial charge in [0.1, 0.15) is 12.2 Å². The van der Waals surface area contributed by atoms with Gasteiger partial charge in [-0.2, -0.15) is 0 Å². The third-order valence-corrected chi connectivity index (χ3v) is 13.4. The van der Waals surface area contributed by atoms with Crippen molar-refractivity contribution < 1.29 is 18.7 Å². The number of nitrogens with zero attached hydrogens (tertiary/aromatic N) is 1. The normalized spacial score (nSPS) is 33.9. The Labute approximate surface area is 200 Å². The van der Waals surface area contributed by atoms with E-state index < -0.39 is 14.1 Å². The number of fused-ring (bicyclic) bond motifs is 3. The van der Waals surface area contributed by atoms with Crippen molar-refractivity contribution in [2.45, 2.75) is 114 Å². The van der Waals surface area contributed by atoms with Gasteiger partial charge in [-0.3, -0.25) is 4.79 Å². The molecule has 3 aliphatic heterocycles. The average molecular weight is 472 g/mol. The maximum Gasteiger partial charge on any atom is 0.226 e. The van der Waals surface area contributed by atoms with E-state index in [0.29, 0.717) is 6.54 Å². The van der Waals surface area contributed by atoms with Gasteiger partial charge in [-0.05, 0) is 49.4 Å². The lowest BCUT2D eigenvalue weighted by Crippen LogP contribution is -2.60. The highest BCUT2D eigenvalue weighted by Crippen LogP contribution is 2.49. The van der Waals surface area contributed by atoms with Crippen molar-refractivity contribution in [2.24, 2.45) is 5.92 Å². The maximum atomic E-state index is 13.7. The van der Waals surface area contributed by atoms with Crippen LogP contribution in [0.2, 0.25) is 18.1 Å². The minimum absolute atomic E-state index is 0.00496. The number of hydrogen-bond donors (Lipinski definition) is 0. The molecule has 1 aromatic rings. The molecule has 0 unspecified atom stereocenters. The van der Waals surface area contributed by atoms with Crippen LogP contribution in [0, 0.1) is 5.92 Å². The largest absolute Gasteiger partial charge is 0.412 e. The Morgan fingerprint density at radius 1 is 1.09 bits per heavy atom. The number of amides is 1. The Bertz CT molecular complexity index is 861. The summed E-state index contributed by atoms with van der Waals surface area (Å²) in [6.07, 6.45) is 6.97. The molecule has 5 nitrogen and oxygen atoms in total. The number of carbonyl (C=O) groups excluding carboxylic acids is 1. The van der Waals surface area contributed by atoms with Crippen LogP contribution in [0.25, 0.3) is 0 Å². The first-order chi connectivity index (χ1) is 15.6. The molecule has 33 heavy (non-hydrogen) atoms. The zero-order valence-corrected chi connectivity index (χ0v) is 22.0. The number of piperidine rings is 1. The molecule has 3 saturated heterocycles. The minimum Gasteiger partial charge on any atom is -0.412 e. The van der Waals surface area contributed by atoms with E-state index in [1.165, 1.54) is 12.0 Å². The summed E-state index contributed by atoms with van der Waals surface area (Å²) in [4.78, 5) is 15.8. The van der Waals surface area contributed by atoms with Crippen LogP contribution in [-0.2, 0) is 25.1 Å². The molecule has 4 aliphatic rings. The predicted molar refractivity (Wildman–Crippen MR) is 131 cm³/mol. The molecule has 1 aliphatic carbocycles. The van der Waals surface area contributed by atoms with Crippen LogP contribution in [0.1, 0.15) is 64.9 Å². The van der Waals surface area contributed by atoms with Crippen molar-refractivity contribution in [1.82, 2.24) is 4.90 Å². The lowest BCUT2D eigenvalue weighted by molar-refractivity contribution is -0.212. The summed E-state index contributed by atoms with van der Waals surface area (Å²) in [5.41, 5.74) is 1.22. The fourth-order valence-corrected chi connectivity index (χ4v) is 7.44. The molecule has 0 radical (unpaired) electrons. The quantitative estimate of drug-likeness (QED) is 0.560. The Morgan fingerprint density at radius 2 is 1.79 bits per heavy atom. The molecule has 1 amide bonds. The van der Waals surface area contributed by atoms with E-state index in [2.05, 4.69) is 63.0 Å². The van der Waals surface area contributed by atoms with Crippen molar-refractivity contribution in [3.8, 4) is 0 Å². The fraction of sp³-hybridized carbons (Fsp3) is 0.741. The van der Waals surface area contributed by atoms with Gasteiger partial charge in [0.2, 0.25) is 5.91 Å². The third-order valence-electron chi connectivity index (χ3n) is 8.88. The second kappa shape index (κ2) is 8.47. The number of rotatable bonds is 4. The van der Waals surface area contributed by atoms with Crippen LogP contribution in [0.5, 0.6) is 0 Å². The Morgan fingerprint density at radius 3 is 2.45 bits per heavy atom. The van der Waals surface area contributed by atoms with Crippen LogP contribution in [0.3, 0.4) is 0 Å². The van der Waals surface area contributed by atoms with Gasteiger partial charge >= 0.3 is 0 Å². The summed E-state index contributed by atoms with van der Waals surface area (Å²) in [7, 11) is -2.02. The third kappa shape index (κ3) is 4.33. The van der Waals surface area contributed by atoms with Crippen molar-refractivity contribution in [1.29, 1.82) is 0 Å². The van der Waals surface area contributed by atoms with Crippen LogP contribution in [0.4, 0.5) is 0 Å². The minimum atomic E-state index is -2.02. The molecule has 4 fully saturated rings. The summed E-state index contributed by atoms with van der Waals surface area (Å²) in [5, 5.41) is 0.115. The molecule has 1 saturated carbocycles. The van der Waals surface area contributed by atoms with Gasteiger partial charge in [-0.1, -0.05) is 57.5 Å². The van der Waals surface area contributed by atoms with Crippen molar-refractivity contribution >= 4 is 14.2 Å². The van der Waals surface area contributed by atoms with Crippen LogP contribution in [0.15, 0.2) is 30.3 Å². The van der Waals surface area contributed by atoms with Gasteiger partial charge in [0.25, 0.3) is 0 Å². The molecule has 1 spiro atoms. The van der Waals surface area contributed by atoms with E-state index in [1.807, 2.05) is 6.07 Å². The fourth-order valence-electron chi connectivity index (χ4n) is 6.09. The first kappa shape index (κ1) is 23.5. The lowest BCUT2D eigenvalue weighted by atomic mass is 9.85. The zero-order chi connectivity index (χ0) is 23.4. The van der Waals surface area contributed by atoms with Gasteiger partial charge in [0, 0.05) is 18.8 Å². The second-order valence-electron chi connectivity index (χ2n) is 12.2. The van der Waals surface area contributed by atoms with Crippen LogP contribution in [-0.4, -0.2) is 55.8 Å². The van der Waals surface area contributed by atoms with Gasteiger partial charge in [0.15, 0.2) is 14.1 Å². The molecule has 3 heterocycles. The molecule has 182 valence electrons. The smallest absolute Gasteiger partial charge is 0.226 e. The molecule has 6 heteroatoms. The molecule has 0 N–H and O–H groups in total. The van der Waals surface area contributed by atoms with Gasteiger partial charge in [-0.25, -0.2) is 0 Å². The maximum absolute atomic E-state index is 13.7. The predicted octanol–water partition coefficient (Wildman–Crippen LogP) is 5.29. The first-order valence-corrected chi connectivity index (χ1v) is 15.9. The van der Waals surface area contributed by atoms with Gasteiger partial charge in [0.05, 0.1) is 18.7 Å². The van der Waals surface area contributed by atoms with E-state index in [1.54, 1.807) is 0 Å². The van der Waals surface area contributed by atoms with E-state index in [4.69, 9.17) is 13.9 Å². The Hall–Kier alpha value is -1.21. The SMILES string of the molecule is CC(C)(C)[Si](C)(C)O[C@@H]1C[C@@H](Cc2ccccc2)C(=O)N2C[C@H]3OC4(CCCCC4)O[C@H]3[C@@H]12. The topological polar surface area (TPSA) is 48.0 Å². The van der Waals surface area contributed by atoms with E-state index in [-0.39, 0.29) is 41.2 Å². The standard InChI is InChI=1S/C27H41NO4Si/c1-26(2,3)33(4,5)32-21-17-20(16-19-12-8-6-9-13-19)25(29)28-18-22-24(23(21)28)31-27(30-22)14-10-7-11-15-27/h6,8-9,12-13,20-24H,7,10-11,14-18H2,1-5H3/t20-,21-,22-,23-,24-/m1/s1. The number of carbonyl (C=O) groups is 1. The molecule has 5 rings (SSSR count). The van der Waals surface area contributed by atoms with Crippen molar-refractivity contribution in [3.05, 3.63) is 35.9 Å². The highest BCUT2D eigenvalue weighted by Gasteiger charge is 2.62. The summed E-state index contributed by atoms with van der Waals surface area (Å²) in [6.45, 7) is 12.1. The first-order valence-electron chi connectivity index (χ1n) is 13.0. The zero-order valence-electron chi connectivity index (χ0n) is 21.0. The van der Waals surface area contributed by atoms with Crippen LogP contribution >= 0.6 is 0 Å². The van der Waals surface area contributed by atoms with Crippen molar-refractivity contribution in [2.75, 3.05) is 6.54 Å². The molecule has 0 bridgehead atoms. The highest BCUT2D eigenvalue weighted by molar-refractivity contribution is 6.74. The van der Waals surface area contributed by atoms with Gasteiger partial charge < -0.3 is 18.8 Å². The molecule has 1 aromatic carbocycles. The number of benzene rings is 1. The number of hydrogen-bond acceptors (Lipinski definition) is 4. The molecule has 5 atom stereocenters. The highest BCUT2D eigenvalue weighted by atomic mass is 28.4.